The van der Waals surface area contributed by atoms with E-state index in [2.05, 4.69) is 17.2 Å². The van der Waals surface area contributed by atoms with Crippen LogP contribution in [0.2, 0.25) is 0 Å². The lowest BCUT2D eigenvalue weighted by molar-refractivity contribution is -0.117. The number of nitrogens with one attached hydrogen (secondary N) is 1. The number of hydrogen-bond donors (Lipinski definition) is 1. The molecule has 0 aliphatic rings. The van der Waals surface area contributed by atoms with Crippen LogP contribution in [0.5, 0.6) is 11.5 Å². The van der Waals surface area contributed by atoms with E-state index >= 15 is 0 Å². The van der Waals surface area contributed by atoms with Gasteiger partial charge in [0.2, 0.25) is 0 Å². The van der Waals surface area contributed by atoms with Gasteiger partial charge in [0, 0.05) is 23.5 Å². The van der Waals surface area contributed by atoms with Crippen molar-refractivity contribution in [3.05, 3.63) is 119 Å². The van der Waals surface area contributed by atoms with Gasteiger partial charge in [-0.05, 0) is 98.6 Å². The number of carbonyl (C=O) groups excluding carboxylic acids is 4. The molecule has 1 aromatic heterocycles. The Bertz CT molecular complexity index is 1670. The van der Waals surface area contributed by atoms with Crippen molar-refractivity contribution in [2.75, 3.05) is 18.5 Å². The lowest BCUT2D eigenvalue weighted by Gasteiger charge is -2.22. The molecule has 0 saturated heterocycles. The fraction of sp³-hybridized carbons (Fsp3) is 0.308. The van der Waals surface area contributed by atoms with E-state index in [-0.39, 0.29) is 30.7 Å². The van der Waals surface area contributed by atoms with Gasteiger partial charge in [-0.25, -0.2) is 9.78 Å². The first-order chi connectivity index (χ1) is 23.2. The number of benzene rings is 3. The van der Waals surface area contributed by atoms with Crippen molar-refractivity contribution < 1.29 is 28.7 Å². The summed E-state index contributed by atoms with van der Waals surface area (Å²) < 4.78 is 11.3. The Kier molecular flexibility index (Phi) is 13.4. The molecule has 9 heteroatoms. The zero-order valence-electron chi connectivity index (χ0n) is 27.9. The molecule has 0 aliphatic carbocycles. The number of aromatic nitrogens is 1. The molecule has 250 valence electrons. The Labute approximate surface area is 282 Å². The summed E-state index contributed by atoms with van der Waals surface area (Å²) >= 11 is 0. The van der Waals surface area contributed by atoms with Crippen molar-refractivity contribution in [3.8, 4) is 11.5 Å². The first kappa shape index (κ1) is 35.5. The van der Waals surface area contributed by atoms with E-state index in [0.717, 1.165) is 24.1 Å². The molecule has 3 aromatic carbocycles. The minimum atomic E-state index is -0.492. The predicted octanol–water partition coefficient (Wildman–Crippen LogP) is 7.83. The zero-order valence-corrected chi connectivity index (χ0v) is 27.9. The van der Waals surface area contributed by atoms with Gasteiger partial charge in [-0.15, -0.1) is 0 Å². The molecule has 4 aromatic rings. The maximum Gasteiger partial charge on any atom is 0.343 e. The van der Waals surface area contributed by atoms with Crippen LogP contribution >= 0.6 is 0 Å². The summed E-state index contributed by atoms with van der Waals surface area (Å²) in [6.07, 6.45) is 7.16. The quantitative estimate of drug-likeness (QED) is 0.0704. The van der Waals surface area contributed by atoms with Gasteiger partial charge in [0.1, 0.15) is 23.0 Å². The van der Waals surface area contributed by atoms with Crippen molar-refractivity contribution in [2.24, 2.45) is 0 Å². The van der Waals surface area contributed by atoms with Gasteiger partial charge in [0.25, 0.3) is 11.8 Å². The normalized spacial score (nSPS) is 10.6. The molecule has 0 bridgehead atoms. The Morgan fingerprint density at radius 3 is 2.06 bits per heavy atom. The highest BCUT2D eigenvalue weighted by molar-refractivity contribution is 6.03. The SMILES string of the molecule is CCCCCCCCOc1ccc(C(=O)Oc2ccc(CN(CC(C)=O)C(=O)c3ccc(NC(=O)c4cccc(C)n4)cc3)cc2)cc1. The fourth-order valence-corrected chi connectivity index (χ4v) is 5.02. The summed E-state index contributed by atoms with van der Waals surface area (Å²) in [5.41, 5.74) is 3.06. The highest BCUT2D eigenvalue weighted by Gasteiger charge is 2.19. The molecule has 0 spiro atoms. The smallest absolute Gasteiger partial charge is 0.343 e. The first-order valence-corrected chi connectivity index (χ1v) is 16.4. The summed E-state index contributed by atoms with van der Waals surface area (Å²) in [6.45, 7) is 6.18. The van der Waals surface area contributed by atoms with Crippen molar-refractivity contribution in [2.45, 2.75) is 65.8 Å². The van der Waals surface area contributed by atoms with Crippen LogP contribution in [0.4, 0.5) is 5.69 Å². The molecule has 1 N–H and O–H groups in total. The molecular formula is C39H43N3O6. The number of ketones is 1. The second kappa shape index (κ2) is 18.1. The van der Waals surface area contributed by atoms with E-state index < -0.39 is 5.97 Å². The van der Waals surface area contributed by atoms with Gasteiger partial charge in [-0.1, -0.05) is 57.2 Å². The number of ether oxygens (including phenoxy) is 2. The van der Waals surface area contributed by atoms with Gasteiger partial charge in [0.15, 0.2) is 0 Å². The van der Waals surface area contributed by atoms with Gasteiger partial charge in [-0.2, -0.15) is 0 Å². The molecule has 9 nitrogen and oxygen atoms in total. The van der Waals surface area contributed by atoms with Gasteiger partial charge in [0.05, 0.1) is 18.7 Å². The maximum atomic E-state index is 13.4. The first-order valence-electron chi connectivity index (χ1n) is 16.4. The number of nitrogens with zero attached hydrogens (tertiary/aromatic N) is 2. The van der Waals surface area contributed by atoms with Crippen LogP contribution in [0, 0.1) is 6.92 Å². The van der Waals surface area contributed by atoms with Gasteiger partial charge in [-0.3, -0.25) is 14.4 Å². The lowest BCUT2D eigenvalue weighted by Crippen LogP contribution is -2.34. The molecule has 0 radical (unpaired) electrons. The standard InChI is InChI=1S/C39H43N3O6/c1-4-5-6-7-8-9-25-47-34-23-17-32(18-24-34)39(46)48-35-21-13-30(14-22-35)27-42(26-29(3)43)38(45)31-15-19-33(20-16-31)41-37(44)36-12-10-11-28(2)40-36/h10-24H,4-9,25-27H2,1-3H3,(H,41,44). The Balaban J connectivity index is 1.29. The number of anilines is 1. The minimum absolute atomic E-state index is 0.0776. The molecule has 4 rings (SSSR count). The fourth-order valence-electron chi connectivity index (χ4n) is 5.02. The van der Waals surface area contributed by atoms with E-state index in [1.165, 1.54) is 37.5 Å². The van der Waals surface area contributed by atoms with Crippen molar-refractivity contribution in [1.82, 2.24) is 9.88 Å². The number of esters is 1. The number of amides is 2. The van der Waals surface area contributed by atoms with Crippen LogP contribution in [-0.2, 0) is 11.3 Å². The van der Waals surface area contributed by atoms with E-state index in [0.29, 0.717) is 40.6 Å². The van der Waals surface area contributed by atoms with Crippen LogP contribution < -0.4 is 14.8 Å². The second-order valence-electron chi connectivity index (χ2n) is 11.7. The molecule has 0 saturated carbocycles. The molecule has 48 heavy (non-hydrogen) atoms. The van der Waals surface area contributed by atoms with Crippen molar-refractivity contribution >= 4 is 29.3 Å². The van der Waals surface area contributed by atoms with E-state index in [9.17, 15) is 19.2 Å². The van der Waals surface area contributed by atoms with Crippen molar-refractivity contribution in [1.29, 1.82) is 0 Å². The highest BCUT2D eigenvalue weighted by atomic mass is 16.5. The molecule has 2 amide bonds. The number of Topliss-reactive ketones (excluding diaryl/α,β-unsaturated/α-hetero) is 1. The van der Waals surface area contributed by atoms with Gasteiger partial charge < -0.3 is 19.7 Å². The summed E-state index contributed by atoms with van der Waals surface area (Å²) in [5.74, 6) is -0.275. The Morgan fingerprint density at radius 2 is 1.40 bits per heavy atom. The van der Waals surface area contributed by atoms with E-state index in [4.69, 9.17) is 9.47 Å². The van der Waals surface area contributed by atoms with Crippen LogP contribution in [0.3, 0.4) is 0 Å². The molecule has 0 unspecified atom stereocenters. The monoisotopic (exact) mass is 649 g/mol. The summed E-state index contributed by atoms with van der Waals surface area (Å²) in [4.78, 5) is 56.4. The van der Waals surface area contributed by atoms with Crippen LogP contribution in [0.25, 0.3) is 0 Å². The number of rotatable bonds is 17. The third-order valence-electron chi connectivity index (χ3n) is 7.58. The summed E-state index contributed by atoms with van der Waals surface area (Å²) in [6, 6.07) is 25.4. The van der Waals surface area contributed by atoms with E-state index in [1.807, 2.05) is 13.0 Å². The molecule has 0 fully saturated rings. The summed E-state index contributed by atoms with van der Waals surface area (Å²) in [5, 5.41) is 2.78. The third kappa shape index (κ3) is 11.2. The maximum absolute atomic E-state index is 13.4. The number of unbranched alkanes of at least 4 members (excludes halogenated alkanes) is 5. The zero-order chi connectivity index (χ0) is 34.3. The Hall–Kier alpha value is -5.31. The van der Waals surface area contributed by atoms with Crippen LogP contribution in [0.15, 0.2) is 91.0 Å². The number of pyridine rings is 1. The molecule has 0 atom stereocenters. The molecule has 0 aliphatic heterocycles. The number of carbonyl (C=O) groups is 4. The molecule has 1 heterocycles. The van der Waals surface area contributed by atoms with Gasteiger partial charge >= 0.3 is 5.97 Å². The number of hydrogen-bond acceptors (Lipinski definition) is 7. The second-order valence-corrected chi connectivity index (χ2v) is 11.7. The van der Waals surface area contributed by atoms with Crippen LogP contribution in [-0.4, -0.2) is 46.6 Å². The van der Waals surface area contributed by atoms with E-state index in [1.54, 1.807) is 84.9 Å². The largest absolute Gasteiger partial charge is 0.494 e. The molecular weight excluding hydrogens is 606 g/mol. The predicted molar refractivity (Wildman–Crippen MR) is 186 cm³/mol. The lowest BCUT2D eigenvalue weighted by atomic mass is 10.1. The Morgan fingerprint density at radius 1 is 0.750 bits per heavy atom. The topological polar surface area (TPSA) is 115 Å². The summed E-state index contributed by atoms with van der Waals surface area (Å²) in [7, 11) is 0. The average Bonchev–Trinajstić information content (AvgIpc) is 3.08. The number of aryl methyl sites for hydroxylation is 1. The van der Waals surface area contributed by atoms with Crippen molar-refractivity contribution in [3.63, 3.8) is 0 Å². The van der Waals surface area contributed by atoms with Crippen LogP contribution in [0.1, 0.15) is 94.8 Å². The average molecular weight is 650 g/mol. The highest BCUT2D eigenvalue weighted by Crippen LogP contribution is 2.20. The third-order valence-corrected chi connectivity index (χ3v) is 7.58. The minimum Gasteiger partial charge on any atom is -0.494 e.